The third-order valence-electron chi connectivity index (χ3n) is 4.51. The van der Waals surface area contributed by atoms with Crippen LogP contribution in [0.5, 0.6) is 0 Å². The zero-order valence-electron chi connectivity index (χ0n) is 14.6. The highest BCUT2D eigenvalue weighted by Crippen LogP contribution is 2.33. The number of nitrogens with two attached hydrogens (primary N) is 1. The highest BCUT2D eigenvalue weighted by molar-refractivity contribution is 9.10. The van der Waals surface area contributed by atoms with E-state index in [0.717, 1.165) is 16.5 Å². The topological polar surface area (TPSA) is 88.7 Å². The van der Waals surface area contributed by atoms with E-state index in [1.807, 2.05) is 24.3 Å². The van der Waals surface area contributed by atoms with E-state index in [0.29, 0.717) is 27.1 Å². The fraction of sp³-hybridized carbons (Fsp3) is 0.0952. The number of hydrogen-bond acceptors (Lipinski definition) is 5. The molecule has 0 saturated carbocycles. The van der Waals surface area contributed by atoms with Gasteiger partial charge in [0.2, 0.25) is 0 Å². The van der Waals surface area contributed by atoms with Crippen LogP contribution in [0.3, 0.4) is 0 Å². The van der Waals surface area contributed by atoms with Crippen molar-refractivity contribution >= 4 is 26.9 Å². The Morgan fingerprint density at radius 2 is 2.00 bits per heavy atom. The van der Waals surface area contributed by atoms with E-state index in [4.69, 9.17) is 15.5 Å². The molecule has 0 saturated heterocycles. The van der Waals surface area contributed by atoms with Gasteiger partial charge in [-0.1, -0.05) is 29.4 Å². The summed E-state index contributed by atoms with van der Waals surface area (Å²) in [7, 11) is 0. The Morgan fingerprint density at radius 3 is 2.82 bits per heavy atom. The van der Waals surface area contributed by atoms with Crippen molar-refractivity contribution in [2.24, 2.45) is 5.73 Å². The van der Waals surface area contributed by atoms with Gasteiger partial charge in [0.25, 0.3) is 0 Å². The van der Waals surface area contributed by atoms with Gasteiger partial charge in [-0.25, -0.2) is 9.37 Å². The molecule has 28 heavy (non-hydrogen) atoms. The van der Waals surface area contributed by atoms with Crippen molar-refractivity contribution in [2.45, 2.75) is 12.5 Å². The maximum absolute atomic E-state index is 14.1. The highest BCUT2D eigenvalue weighted by Gasteiger charge is 2.19. The first-order valence-corrected chi connectivity index (χ1v) is 9.31. The van der Waals surface area contributed by atoms with Gasteiger partial charge in [0, 0.05) is 29.5 Å². The van der Waals surface area contributed by atoms with Crippen LogP contribution in [0, 0.1) is 17.1 Å². The summed E-state index contributed by atoms with van der Waals surface area (Å²) >= 11 is 3.26. The lowest BCUT2D eigenvalue weighted by molar-refractivity contribution is 0.459. The number of benzene rings is 2. The molecule has 0 spiro atoms. The Balaban J connectivity index is 1.75. The summed E-state index contributed by atoms with van der Waals surface area (Å²) in [6, 6.07) is 17.2. The third-order valence-corrected chi connectivity index (χ3v) is 4.96. The fourth-order valence-electron chi connectivity index (χ4n) is 3.16. The molecule has 138 valence electrons. The second-order valence-corrected chi connectivity index (χ2v) is 7.13. The molecule has 4 aromatic rings. The average molecular weight is 437 g/mol. The van der Waals surface area contributed by atoms with Crippen LogP contribution in [0.25, 0.3) is 22.2 Å². The highest BCUT2D eigenvalue weighted by atomic mass is 79.9. The fourth-order valence-corrected chi connectivity index (χ4v) is 3.50. The molecule has 0 bridgehead atoms. The van der Waals surface area contributed by atoms with E-state index in [1.54, 1.807) is 24.3 Å². The first-order valence-electron chi connectivity index (χ1n) is 8.52. The molecule has 1 atom stereocenters. The normalized spacial score (nSPS) is 12.1. The van der Waals surface area contributed by atoms with E-state index in [2.05, 4.69) is 32.1 Å². The predicted octanol–water partition coefficient (Wildman–Crippen LogP) is 4.91. The molecule has 2 heterocycles. The number of pyridine rings is 1. The number of nitriles is 1. The minimum Gasteiger partial charge on any atom is -0.356 e. The molecule has 0 amide bonds. The minimum atomic E-state index is -0.488. The molecule has 2 aromatic heterocycles. The summed E-state index contributed by atoms with van der Waals surface area (Å²) in [5.74, 6) is -0.396. The van der Waals surface area contributed by atoms with E-state index in [9.17, 15) is 4.39 Å². The molecule has 2 N–H and O–H groups in total. The zero-order valence-corrected chi connectivity index (χ0v) is 16.1. The summed E-state index contributed by atoms with van der Waals surface area (Å²) in [6.45, 7) is 0. The zero-order chi connectivity index (χ0) is 19.7. The van der Waals surface area contributed by atoms with Crippen molar-refractivity contribution in [3.63, 3.8) is 0 Å². The largest absolute Gasteiger partial charge is 0.356 e. The first-order chi connectivity index (χ1) is 13.6. The monoisotopic (exact) mass is 436 g/mol. The molecule has 0 fully saturated rings. The van der Waals surface area contributed by atoms with Gasteiger partial charge in [0.15, 0.2) is 5.58 Å². The molecular formula is C21H14BrFN4O. The number of nitrogens with zero attached hydrogens (tertiary/aromatic N) is 3. The standard InChI is InChI=1S/C21H14BrFN4O/c22-20-8-7-16(23)18(26-20)10-17(25)13-3-1-2-4-14(13)21-15-6-5-12(11-24)9-19(15)28-27-21/h1-9,17H,10,25H2/t17-/m0/s1. The summed E-state index contributed by atoms with van der Waals surface area (Å²) in [5, 5.41) is 14.0. The lowest BCUT2D eigenvalue weighted by Gasteiger charge is -2.16. The van der Waals surface area contributed by atoms with Gasteiger partial charge >= 0.3 is 0 Å². The Morgan fingerprint density at radius 1 is 1.18 bits per heavy atom. The Hall–Kier alpha value is -3.08. The van der Waals surface area contributed by atoms with Crippen LogP contribution in [-0.2, 0) is 6.42 Å². The van der Waals surface area contributed by atoms with Gasteiger partial charge in [-0.15, -0.1) is 0 Å². The van der Waals surface area contributed by atoms with Crippen molar-refractivity contribution < 1.29 is 8.91 Å². The Bertz CT molecular complexity index is 1210. The smallest absolute Gasteiger partial charge is 0.168 e. The number of rotatable bonds is 4. The van der Waals surface area contributed by atoms with Crippen LogP contribution >= 0.6 is 15.9 Å². The number of aromatic nitrogens is 2. The Kier molecular flexibility index (Phi) is 4.90. The van der Waals surface area contributed by atoms with Crippen molar-refractivity contribution in [3.8, 4) is 17.3 Å². The van der Waals surface area contributed by atoms with Crippen LogP contribution in [0.4, 0.5) is 4.39 Å². The predicted molar refractivity (Wildman–Crippen MR) is 107 cm³/mol. The van der Waals surface area contributed by atoms with E-state index < -0.39 is 11.9 Å². The maximum Gasteiger partial charge on any atom is 0.168 e. The number of hydrogen-bond donors (Lipinski definition) is 1. The molecule has 0 aliphatic carbocycles. The van der Waals surface area contributed by atoms with Gasteiger partial charge in [-0.3, -0.25) is 0 Å². The number of fused-ring (bicyclic) bond motifs is 1. The third kappa shape index (κ3) is 3.40. The van der Waals surface area contributed by atoms with E-state index in [1.165, 1.54) is 6.07 Å². The molecular weight excluding hydrogens is 423 g/mol. The minimum absolute atomic E-state index is 0.233. The molecule has 4 rings (SSSR count). The van der Waals surface area contributed by atoms with Crippen molar-refractivity contribution in [1.82, 2.24) is 10.1 Å². The van der Waals surface area contributed by atoms with Crippen LogP contribution in [0.2, 0.25) is 0 Å². The molecule has 0 aliphatic heterocycles. The van der Waals surface area contributed by atoms with Gasteiger partial charge in [0.05, 0.1) is 17.3 Å². The Labute approximate surface area is 168 Å². The summed E-state index contributed by atoms with van der Waals surface area (Å²) in [6.07, 6.45) is 0.233. The second-order valence-electron chi connectivity index (χ2n) is 6.31. The summed E-state index contributed by atoms with van der Waals surface area (Å²) < 4.78 is 20.1. The van der Waals surface area contributed by atoms with Crippen LogP contribution in [0.15, 0.2) is 63.7 Å². The molecule has 2 aromatic carbocycles. The second kappa shape index (κ2) is 7.50. The molecule has 7 heteroatoms. The van der Waals surface area contributed by atoms with E-state index in [-0.39, 0.29) is 6.42 Å². The van der Waals surface area contributed by atoms with Crippen molar-refractivity contribution in [2.75, 3.05) is 0 Å². The SMILES string of the molecule is N#Cc1ccc2c(-c3ccccc3[C@@H](N)Cc3nc(Br)ccc3F)noc2c1. The van der Waals surface area contributed by atoms with Gasteiger partial charge in [-0.05, 0) is 45.8 Å². The quantitative estimate of drug-likeness (QED) is 0.459. The number of halogens is 2. The molecule has 5 nitrogen and oxygen atoms in total. The average Bonchev–Trinajstić information content (AvgIpc) is 3.13. The van der Waals surface area contributed by atoms with Crippen LogP contribution < -0.4 is 5.73 Å². The lowest BCUT2D eigenvalue weighted by Crippen LogP contribution is -2.16. The lowest BCUT2D eigenvalue weighted by atomic mass is 9.94. The van der Waals surface area contributed by atoms with Gasteiger partial charge < -0.3 is 10.3 Å². The maximum atomic E-state index is 14.1. The van der Waals surface area contributed by atoms with Crippen molar-refractivity contribution in [3.05, 3.63) is 81.8 Å². The summed E-state index contributed by atoms with van der Waals surface area (Å²) in [5.41, 5.74) is 9.97. The van der Waals surface area contributed by atoms with Crippen LogP contribution in [0.1, 0.15) is 22.9 Å². The van der Waals surface area contributed by atoms with Gasteiger partial charge in [0.1, 0.15) is 16.1 Å². The first kappa shape index (κ1) is 18.3. The molecule has 0 aliphatic rings. The summed E-state index contributed by atoms with van der Waals surface area (Å²) in [4.78, 5) is 4.20. The van der Waals surface area contributed by atoms with Gasteiger partial charge in [-0.2, -0.15) is 5.26 Å². The molecule has 0 unspecified atom stereocenters. The van der Waals surface area contributed by atoms with Crippen molar-refractivity contribution in [1.29, 1.82) is 5.26 Å². The van der Waals surface area contributed by atoms with Crippen LogP contribution in [-0.4, -0.2) is 10.1 Å². The molecule has 0 radical (unpaired) electrons. The van der Waals surface area contributed by atoms with E-state index >= 15 is 0 Å².